The number of nitrogens with one attached hydrogen (secondary N) is 1. The monoisotopic (exact) mass is 289 g/mol. The highest BCUT2D eigenvalue weighted by molar-refractivity contribution is 7.88. The van der Waals surface area contributed by atoms with Gasteiger partial charge in [-0.2, -0.15) is 0 Å². The molecular formula is C13H20FNO3S. The lowest BCUT2D eigenvalue weighted by Crippen LogP contribution is -2.42. The van der Waals surface area contributed by atoms with Crippen molar-refractivity contribution in [2.45, 2.75) is 38.0 Å². The van der Waals surface area contributed by atoms with Crippen LogP contribution in [0.1, 0.15) is 32.3 Å². The van der Waals surface area contributed by atoms with E-state index in [1.165, 1.54) is 18.2 Å². The first-order valence-corrected chi connectivity index (χ1v) is 7.90. The summed E-state index contributed by atoms with van der Waals surface area (Å²) < 4.78 is 39.4. The fraction of sp³-hybridized carbons (Fsp3) is 0.538. The van der Waals surface area contributed by atoms with Crippen molar-refractivity contribution in [1.29, 1.82) is 0 Å². The number of benzene rings is 1. The van der Waals surface area contributed by atoms with Gasteiger partial charge in [-0.1, -0.05) is 32.0 Å². The van der Waals surface area contributed by atoms with E-state index in [-0.39, 0.29) is 12.1 Å². The van der Waals surface area contributed by atoms with Crippen LogP contribution in [-0.4, -0.2) is 25.7 Å². The minimum atomic E-state index is -3.66. The molecule has 0 unspecified atom stereocenters. The van der Waals surface area contributed by atoms with Crippen molar-refractivity contribution in [2.24, 2.45) is 0 Å². The summed E-state index contributed by atoms with van der Waals surface area (Å²) in [5.41, 5.74) is -0.936. The van der Waals surface area contributed by atoms with Crippen LogP contribution in [0.25, 0.3) is 0 Å². The zero-order valence-corrected chi connectivity index (χ0v) is 12.0. The van der Waals surface area contributed by atoms with Gasteiger partial charge in [-0.25, -0.2) is 17.5 Å². The molecule has 0 saturated carbocycles. The molecule has 6 heteroatoms. The van der Waals surface area contributed by atoms with Crippen LogP contribution < -0.4 is 4.72 Å². The Bertz CT molecular complexity index is 512. The van der Waals surface area contributed by atoms with Gasteiger partial charge in [-0.3, -0.25) is 0 Å². The first-order chi connectivity index (χ1) is 8.82. The summed E-state index contributed by atoms with van der Waals surface area (Å²) in [6.07, 6.45) is 0.900. The van der Waals surface area contributed by atoms with Gasteiger partial charge < -0.3 is 5.11 Å². The van der Waals surface area contributed by atoms with Crippen LogP contribution in [0.4, 0.5) is 4.39 Å². The lowest BCUT2D eigenvalue weighted by atomic mass is 9.98. The average molecular weight is 289 g/mol. The number of sulfonamides is 1. The maximum absolute atomic E-state index is 13.4. The standard InChI is InChI=1S/C13H20FNO3S/c1-3-13(16,4-2)10-15-19(17,18)9-11-7-5-6-8-12(11)14/h5-8,15-16H,3-4,9-10H2,1-2H3. The smallest absolute Gasteiger partial charge is 0.215 e. The molecule has 108 valence electrons. The minimum Gasteiger partial charge on any atom is -0.389 e. The number of rotatable bonds is 7. The maximum Gasteiger partial charge on any atom is 0.215 e. The molecule has 2 N–H and O–H groups in total. The van der Waals surface area contributed by atoms with Gasteiger partial charge in [0.25, 0.3) is 0 Å². The fourth-order valence-corrected chi connectivity index (χ4v) is 2.85. The topological polar surface area (TPSA) is 66.4 Å². The average Bonchev–Trinajstić information content (AvgIpc) is 2.39. The third-order valence-corrected chi connectivity index (χ3v) is 4.52. The van der Waals surface area contributed by atoms with E-state index in [1.54, 1.807) is 19.9 Å². The molecule has 0 atom stereocenters. The van der Waals surface area contributed by atoms with E-state index in [0.717, 1.165) is 0 Å². The molecule has 1 aromatic carbocycles. The third kappa shape index (κ3) is 4.89. The molecule has 0 saturated heterocycles. The molecule has 0 heterocycles. The van der Waals surface area contributed by atoms with Crippen molar-refractivity contribution in [2.75, 3.05) is 6.54 Å². The molecule has 0 fully saturated rings. The molecule has 1 aromatic rings. The Morgan fingerprint density at radius 1 is 1.26 bits per heavy atom. The van der Waals surface area contributed by atoms with Crippen molar-refractivity contribution >= 4 is 10.0 Å². The Morgan fingerprint density at radius 3 is 2.37 bits per heavy atom. The van der Waals surface area contributed by atoms with E-state index in [9.17, 15) is 17.9 Å². The number of hydrogen-bond donors (Lipinski definition) is 2. The molecule has 19 heavy (non-hydrogen) atoms. The quantitative estimate of drug-likeness (QED) is 0.804. The van der Waals surface area contributed by atoms with Crippen molar-refractivity contribution in [3.63, 3.8) is 0 Å². The van der Waals surface area contributed by atoms with E-state index in [1.807, 2.05) is 0 Å². The molecule has 0 radical (unpaired) electrons. The Morgan fingerprint density at radius 2 is 1.84 bits per heavy atom. The van der Waals surface area contributed by atoms with Gasteiger partial charge in [-0.05, 0) is 18.9 Å². The zero-order chi connectivity index (χ0) is 14.5. The number of hydrogen-bond acceptors (Lipinski definition) is 3. The van der Waals surface area contributed by atoms with E-state index >= 15 is 0 Å². The van der Waals surface area contributed by atoms with Gasteiger partial charge in [0.05, 0.1) is 11.4 Å². The molecule has 0 aliphatic carbocycles. The first kappa shape index (κ1) is 16.1. The van der Waals surface area contributed by atoms with Gasteiger partial charge in [0.1, 0.15) is 5.82 Å². The molecular weight excluding hydrogens is 269 g/mol. The fourth-order valence-electron chi connectivity index (χ4n) is 1.62. The lowest BCUT2D eigenvalue weighted by molar-refractivity contribution is 0.0377. The van der Waals surface area contributed by atoms with Crippen molar-refractivity contribution in [1.82, 2.24) is 4.72 Å². The largest absolute Gasteiger partial charge is 0.389 e. The summed E-state index contributed by atoms with van der Waals surface area (Å²) in [7, 11) is -3.66. The summed E-state index contributed by atoms with van der Waals surface area (Å²) in [6.45, 7) is 3.51. The predicted molar refractivity (Wildman–Crippen MR) is 72.6 cm³/mol. The van der Waals surface area contributed by atoms with Gasteiger partial charge >= 0.3 is 0 Å². The van der Waals surface area contributed by atoms with Crippen LogP contribution >= 0.6 is 0 Å². The summed E-state index contributed by atoms with van der Waals surface area (Å²) >= 11 is 0. The van der Waals surface area contributed by atoms with E-state index in [4.69, 9.17) is 0 Å². The highest BCUT2D eigenvalue weighted by Crippen LogP contribution is 2.15. The van der Waals surface area contributed by atoms with Crippen LogP contribution in [0.15, 0.2) is 24.3 Å². The second kappa shape index (κ2) is 6.45. The second-order valence-electron chi connectivity index (χ2n) is 4.60. The number of halogens is 1. The molecule has 0 aliphatic heterocycles. The molecule has 1 rings (SSSR count). The van der Waals surface area contributed by atoms with Crippen LogP contribution in [-0.2, 0) is 15.8 Å². The van der Waals surface area contributed by atoms with Crippen LogP contribution in [0, 0.1) is 5.82 Å². The highest BCUT2D eigenvalue weighted by atomic mass is 32.2. The summed E-state index contributed by atoms with van der Waals surface area (Å²) in [5.74, 6) is -0.975. The molecule has 0 bridgehead atoms. The molecule has 0 spiro atoms. The van der Waals surface area contributed by atoms with Gasteiger partial charge in [0, 0.05) is 12.1 Å². The van der Waals surface area contributed by atoms with Crippen molar-refractivity contribution < 1.29 is 17.9 Å². The van der Waals surface area contributed by atoms with Crippen molar-refractivity contribution in [3.8, 4) is 0 Å². The summed E-state index contributed by atoms with van der Waals surface area (Å²) in [6, 6.07) is 5.74. The highest BCUT2D eigenvalue weighted by Gasteiger charge is 2.25. The molecule has 0 aliphatic rings. The van der Waals surface area contributed by atoms with Gasteiger partial charge in [0.15, 0.2) is 0 Å². The van der Waals surface area contributed by atoms with Crippen LogP contribution in [0.2, 0.25) is 0 Å². The molecule has 0 amide bonds. The van der Waals surface area contributed by atoms with E-state index in [2.05, 4.69) is 4.72 Å². The third-order valence-electron chi connectivity index (χ3n) is 3.24. The van der Waals surface area contributed by atoms with E-state index < -0.39 is 27.2 Å². The van der Waals surface area contributed by atoms with Crippen molar-refractivity contribution in [3.05, 3.63) is 35.6 Å². The first-order valence-electron chi connectivity index (χ1n) is 6.25. The Balaban J connectivity index is 2.70. The SMILES string of the molecule is CCC(O)(CC)CNS(=O)(=O)Cc1ccccc1F. The predicted octanol–water partition coefficient (Wildman–Crippen LogP) is 1.80. The van der Waals surface area contributed by atoms with Gasteiger partial charge in [-0.15, -0.1) is 0 Å². The van der Waals surface area contributed by atoms with Crippen LogP contribution in [0.3, 0.4) is 0 Å². The Labute approximate surface area is 113 Å². The minimum absolute atomic E-state index is 0.0587. The van der Waals surface area contributed by atoms with E-state index in [0.29, 0.717) is 12.8 Å². The molecule has 4 nitrogen and oxygen atoms in total. The maximum atomic E-state index is 13.4. The normalized spacial score (nSPS) is 12.6. The number of aliphatic hydroxyl groups is 1. The van der Waals surface area contributed by atoms with Crippen LogP contribution in [0.5, 0.6) is 0 Å². The summed E-state index contributed by atoms with van der Waals surface area (Å²) in [4.78, 5) is 0. The molecule has 0 aromatic heterocycles. The lowest BCUT2D eigenvalue weighted by Gasteiger charge is -2.25. The van der Waals surface area contributed by atoms with Gasteiger partial charge in [0.2, 0.25) is 10.0 Å². The summed E-state index contributed by atoms with van der Waals surface area (Å²) in [5, 5.41) is 10.0. The second-order valence-corrected chi connectivity index (χ2v) is 6.41. The Hall–Kier alpha value is -0.980. The Kier molecular flexibility index (Phi) is 5.46. The zero-order valence-electron chi connectivity index (χ0n) is 11.2.